The molecule has 3 aromatic rings. The average molecular weight is 417 g/mol. The number of amides is 1. The van der Waals surface area contributed by atoms with E-state index in [1.54, 1.807) is 0 Å². The van der Waals surface area contributed by atoms with E-state index in [4.69, 9.17) is 4.52 Å². The third-order valence-electron chi connectivity index (χ3n) is 6.59. The maximum absolute atomic E-state index is 13.3. The maximum atomic E-state index is 13.3. The number of carbonyl (C=O) groups excluding carboxylic acids is 1. The van der Waals surface area contributed by atoms with Gasteiger partial charge in [0.15, 0.2) is 0 Å². The summed E-state index contributed by atoms with van der Waals surface area (Å²) >= 11 is 0. The minimum Gasteiger partial charge on any atom is -0.338 e. The van der Waals surface area contributed by atoms with E-state index < -0.39 is 0 Å². The summed E-state index contributed by atoms with van der Waals surface area (Å²) in [7, 11) is 0. The van der Waals surface area contributed by atoms with Crippen molar-refractivity contribution in [1.29, 1.82) is 0 Å². The first kappa shape index (κ1) is 19.9. The van der Waals surface area contributed by atoms with Crippen LogP contribution < -0.4 is 4.90 Å². The van der Waals surface area contributed by atoms with Gasteiger partial charge in [0.1, 0.15) is 0 Å². The van der Waals surface area contributed by atoms with Crippen LogP contribution >= 0.6 is 0 Å². The number of hydrogen-bond donors (Lipinski definition) is 0. The largest absolute Gasteiger partial charge is 0.338 e. The third-order valence-corrected chi connectivity index (χ3v) is 6.59. The lowest BCUT2D eigenvalue weighted by molar-refractivity contribution is -0.124. The zero-order chi connectivity index (χ0) is 21.4. The second-order valence-corrected chi connectivity index (χ2v) is 8.77. The Labute approximate surface area is 182 Å². The summed E-state index contributed by atoms with van der Waals surface area (Å²) in [5.41, 5.74) is 4.51. The Morgan fingerprint density at radius 3 is 2.65 bits per heavy atom. The van der Waals surface area contributed by atoms with Crippen LogP contribution in [0.3, 0.4) is 0 Å². The van der Waals surface area contributed by atoms with E-state index in [0.717, 1.165) is 49.2 Å². The molecule has 0 N–H and O–H groups in total. The van der Waals surface area contributed by atoms with Gasteiger partial charge in [-0.3, -0.25) is 9.69 Å². The van der Waals surface area contributed by atoms with Crippen molar-refractivity contribution in [2.24, 2.45) is 5.92 Å². The Balaban J connectivity index is 1.20. The Morgan fingerprint density at radius 1 is 1.10 bits per heavy atom. The molecule has 1 fully saturated rings. The summed E-state index contributed by atoms with van der Waals surface area (Å²) in [6, 6.07) is 16.6. The molecule has 1 saturated heterocycles. The monoisotopic (exact) mass is 416 g/mol. The first-order valence-electron chi connectivity index (χ1n) is 11.1. The molecule has 1 atom stereocenters. The van der Waals surface area contributed by atoms with E-state index in [1.807, 2.05) is 42.2 Å². The summed E-state index contributed by atoms with van der Waals surface area (Å²) in [6.07, 6.45) is 2.67. The lowest BCUT2D eigenvalue weighted by Crippen LogP contribution is -2.44. The molecule has 2 aromatic carbocycles. The molecule has 160 valence electrons. The van der Waals surface area contributed by atoms with Gasteiger partial charge < -0.3 is 9.42 Å². The number of benzene rings is 2. The summed E-state index contributed by atoms with van der Waals surface area (Å²) in [4.78, 5) is 22.2. The number of nitrogens with zero attached hydrogens (tertiary/aromatic N) is 4. The molecule has 0 bridgehead atoms. The maximum Gasteiger partial charge on any atom is 0.241 e. The van der Waals surface area contributed by atoms with Crippen molar-refractivity contribution in [1.82, 2.24) is 15.0 Å². The highest BCUT2D eigenvalue weighted by atomic mass is 16.5. The molecule has 1 unspecified atom stereocenters. The van der Waals surface area contributed by atoms with Crippen molar-refractivity contribution in [2.45, 2.75) is 45.7 Å². The van der Waals surface area contributed by atoms with Crippen LogP contribution in [0.4, 0.5) is 5.69 Å². The molecule has 6 nitrogen and oxygen atoms in total. The highest BCUT2D eigenvalue weighted by molar-refractivity contribution is 5.97. The number of aryl methyl sites for hydroxylation is 1. The molecule has 2 aliphatic rings. The normalized spacial score (nSPS) is 19.5. The van der Waals surface area contributed by atoms with Crippen molar-refractivity contribution in [3.05, 3.63) is 65.5 Å². The third kappa shape index (κ3) is 3.88. The minimum absolute atomic E-state index is 0.0788. The molecule has 2 aliphatic heterocycles. The molecule has 6 heteroatoms. The zero-order valence-electron chi connectivity index (χ0n) is 18.1. The molecule has 0 aliphatic carbocycles. The first-order valence-corrected chi connectivity index (χ1v) is 11.1. The highest BCUT2D eigenvalue weighted by Gasteiger charge is 2.36. The van der Waals surface area contributed by atoms with Gasteiger partial charge >= 0.3 is 0 Å². The topological polar surface area (TPSA) is 62.5 Å². The van der Waals surface area contributed by atoms with E-state index in [-0.39, 0.29) is 17.9 Å². The molecule has 0 saturated carbocycles. The quantitative estimate of drug-likeness (QED) is 0.637. The molecule has 3 heterocycles. The summed E-state index contributed by atoms with van der Waals surface area (Å²) in [5.74, 6) is 1.62. The fourth-order valence-corrected chi connectivity index (χ4v) is 4.88. The van der Waals surface area contributed by atoms with Gasteiger partial charge in [0.05, 0.1) is 6.54 Å². The fourth-order valence-electron chi connectivity index (χ4n) is 4.88. The van der Waals surface area contributed by atoms with Crippen LogP contribution in [0.1, 0.15) is 36.8 Å². The van der Waals surface area contributed by atoms with Crippen LogP contribution in [0, 0.1) is 12.8 Å². The van der Waals surface area contributed by atoms with Gasteiger partial charge in [-0.1, -0.05) is 47.6 Å². The fraction of sp³-hybridized carbons (Fsp3) is 0.400. The van der Waals surface area contributed by atoms with Crippen LogP contribution in [-0.2, 0) is 17.8 Å². The summed E-state index contributed by atoms with van der Waals surface area (Å²) in [5, 5.41) is 4.16. The van der Waals surface area contributed by atoms with E-state index >= 15 is 0 Å². The van der Waals surface area contributed by atoms with Gasteiger partial charge in [-0.05, 0) is 63.4 Å². The van der Waals surface area contributed by atoms with Crippen LogP contribution in [0.2, 0.25) is 0 Å². The van der Waals surface area contributed by atoms with Gasteiger partial charge in [-0.15, -0.1) is 0 Å². The van der Waals surface area contributed by atoms with Gasteiger partial charge in [0.2, 0.25) is 17.6 Å². The SMILES string of the molecule is Cc1ccccc1-c1noc(CN2CCC(C(=O)N3c4ccccc4CC3C)CC2)n1. The van der Waals surface area contributed by atoms with Crippen LogP contribution in [0.25, 0.3) is 11.4 Å². The van der Waals surface area contributed by atoms with Crippen molar-refractivity contribution >= 4 is 11.6 Å². The second-order valence-electron chi connectivity index (χ2n) is 8.77. The zero-order valence-corrected chi connectivity index (χ0v) is 18.1. The van der Waals surface area contributed by atoms with E-state index in [1.165, 1.54) is 5.56 Å². The lowest BCUT2D eigenvalue weighted by Gasteiger charge is -2.34. The molecule has 31 heavy (non-hydrogen) atoms. The number of fused-ring (bicyclic) bond motifs is 1. The molecule has 1 aromatic heterocycles. The number of aromatic nitrogens is 2. The van der Waals surface area contributed by atoms with Crippen molar-refractivity contribution in [2.75, 3.05) is 18.0 Å². The molecular weight excluding hydrogens is 388 g/mol. The van der Waals surface area contributed by atoms with E-state index in [9.17, 15) is 4.79 Å². The number of likely N-dealkylation sites (tertiary alicyclic amines) is 1. The summed E-state index contributed by atoms with van der Waals surface area (Å²) in [6.45, 7) is 6.55. The molecular formula is C25H28N4O2. The summed E-state index contributed by atoms with van der Waals surface area (Å²) < 4.78 is 5.51. The number of rotatable bonds is 4. The lowest BCUT2D eigenvalue weighted by atomic mass is 9.95. The standard InChI is InChI=1S/C25H28N4O2/c1-17-7-3-5-9-21(17)24-26-23(31-27-24)16-28-13-11-19(12-14-28)25(30)29-18(2)15-20-8-4-6-10-22(20)29/h3-10,18-19H,11-16H2,1-2H3. The Morgan fingerprint density at radius 2 is 1.84 bits per heavy atom. The van der Waals surface area contributed by atoms with Gasteiger partial charge in [-0.2, -0.15) is 4.98 Å². The molecule has 5 rings (SSSR count). The van der Waals surface area contributed by atoms with E-state index in [0.29, 0.717) is 18.3 Å². The number of carbonyl (C=O) groups is 1. The number of anilines is 1. The van der Waals surface area contributed by atoms with Gasteiger partial charge in [0.25, 0.3) is 0 Å². The second kappa shape index (κ2) is 8.27. The first-order chi connectivity index (χ1) is 15.1. The van der Waals surface area contributed by atoms with Crippen molar-refractivity contribution in [3.63, 3.8) is 0 Å². The molecule has 0 spiro atoms. The number of para-hydroxylation sites is 1. The van der Waals surface area contributed by atoms with Crippen LogP contribution in [0.5, 0.6) is 0 Å². The molecule has 0 radical (unpaired) electrons. The van der Waals surface area contributed by atoms with Gasteiger partial charge in [0, 0.05) is 23.2 Å². The van der Waals surface area contributed by atoms with Crippen molar-refractivity contribution < 1.29 is 9.32 Å². The number of hydrogen-bond acceptors (Lipinski definition) is 5. The average Bonchev–Trinajstić information content (AvgIpc) is 3.37. The predicted octanol–water partition coefficient (Wildman–Crippen LogP) is 4.23. The number of piperidine rings is 1. The Bertz CT molecular complexity index is 1080. The van der Waals surface area contributed by atoms with Crippen molar-refractivity contribution in [3.8, 4) is 11.4 Å². The highest BCUT2D eigenvalue weighted by Crippen LogP contribution is 2.34. The Hall–Kier alpha value is -2.99. The molecule has 1 amide bonds. The Kier molecular flexibility index (Phi) is 5.32. The van der Waals surface area contributed by atoms with Crippen LogP contribution in [-0.4, -0.2) is 40.1 Å². The van der Waals surface area contributed by atoms with Gasteiger partial charge in [-0.25, -0.2) is 0 Å². The predicted molar refractivity (Wildman–Crippen MR) is 120 cm³/mol. The van der Waals surface area contributed by atoms with E-state index in [2.05, 4.69) is 40.2 Å². The van der Waals surface area contributed by atoms with Crippen LogP contribution in [0.15, 0.2) is 53.1 Å². The minimum atomic E-state index is 0.0788. The smallest absolute Gasteiger partial charge is 0.241 e.